The molecule has 10 heteroatoms. The molecule has 0 aliphatic heterocycles. The van der Waals surface area contributed by atoms with Crippen LogP contribution in [0.25, 0.3) is 17.1 Å². The maximum atomic E-state index is 6.28. The minimum Gasteiger partial charge on any atom is -0.497 e. The van der Waals surface area contributed by atoms with Crippen LogP contribution in [0.1, 0.15) is 5.56 Å². The summed E-state index contributed by atoms with van der Waals surface area (Å²) in [7, 11) is 1.63. The van der Waals surface area contributed by atoms with E-state index >= 15 is 0 Å². The molecular formula is C18H14Cl2N6OS. The average molecular weight is 433 g/mol. The van der Waals surface area contributed by atoms with Crippen molar-refractivity contribution in [3.05, 3.63) is 68.9 Å². The molecule has 0 saturated carbocycles. The summed E-state index contributed by atoms with van der Waals surface area (Å²) in [6, 6.07) is 12.9. The van der Waals surface area contributed by atoms with Crippen LogP contribution in [-0.4, -0.2) is 37.1 Å². The van der Waals surface area contributed by atoms with Gasteiger partial charge in [-0.25, -0.2) is 4.68 Å². The lowest BCUT2D eigenvalue weighted by molar-refractivity contribution is 0.414. The molecule has 0 unspecified atom stereocenters. The van der Waals surface area contributed by atoms with Crippen LogP contribution in [0.3, 0.4) is 0 Å². The number of halogens is 2. The highest BCUT2D eigenvalue weighted by atomic mass is 35.5. The van der Waals surface area contributed by atoms with Crippen molar-refractivity contribution in [1.29, 1.82) is 0 Å². The molecule has 4 rings (SSSR count). The van der Waals surface area contributed by atoms with Crippen molar-refractivity contribution in [3.63, 3.8) is 0 Å². The van der Waals surface area contributed by atoms with Crippen molar-refractivity contribution in [2.75, 3.05) is 7.11 Å². The standard InChI is InChI=1S/C18H14Cl2N6OS/c1-27-12-7-5-11(6-8-12)10-25-23-17(22-24-25)13-9-21-26(18(13)28)16-14(19)3-2-4-15(16)20/h2-9,21H,10H2,1H3. The molecule has 142 valence electrons. The van der Waals surface area contributed by atoms with Crippen molar-refractivity contribution in [2.24, 2.45) is 0 Å². The molecule has 0 amide bonds. The van der Waals surface area contributed by atoms with Gasteiger partial charge in [0.2, 0.25) is 5.82 Å². The molecule has 2 aromatic carbocycles. The molecule has 0 fully saturated rings. The quantitative estimate of drug-likeness (QED) is 0.468. The van der Waals surface area contributed by atoms with Gasteiger partial charge in [0.15, 0.2) is 0 Å². The van der Waals surface area contributed by atoms with Crippen LogP contribution in [0.5, 0.6) is 5.75 Å². The summed E-state index contributed by atoms with van der Waals surface area (Å²) in [6.07, 6.45) is 1.71. The van der Waals surface area contributed by atoms with Gasteiger partial charge < -0.3 is 4.74 Å². The van der Waals surface area contributed by atoms with E-state index in [1.54, 1.807) is 36.2 Å². The number of aromatic nitrogens is 6. The van der Waals surface area contributed by atoms with Gasteiger partial charge in [-0.05, 0) is 35.0 Å². The molecule has 7 nitrogen and oxygen atoms in total. The Labute approximate surface area is 175 Å². The smallest absolute Gasteiger partial charge is 0.209 e. The number of nitrogens with one attached hydrogen (secondary N) is 1. The first kappa shape index (κ1) is 18.7. The second-order valence-corrected chi connectivity index (χ2v) is 7.09. The van der Waals surface area contributed by atoms with Gasteiger partial charge in [-0.3, -0.25) is 5.10 Å². The number of rotatable bonds is 5. The topological polar surface area (TPSA) is 73.5 Å². The van der Waals surface area contributed by atoms with Crippen LogP contribution >= 0.6 is 35.4 Å². The lowest BCUT2D eigenvalue weighted by atomic mass is 10.2. The maximum Gasteiger partial charge on any atom is 0.209 e. The van der Waals surface area contributed by atoms with E-state index in [1.807, 2.05) is 24.3 Å². The molecule has 0 spiro atoms. The minimum atomic E-state index is 0.414. The van der Waals surface area contributed by atoms with Crippen molar-refractivity contribution >= 4 is 35.4 Å². The minimum absolute atomic E-state index is 0.414. The van der Waals surface area contributed by atoms with Gasteiger partial charge in [0.1, 0.15) is 16.1 Å². The first-order valence-corrected chi connectivity index (χ1v) is 9.39. The molecule has 2 heterocycles. The zero-order valence-electron chi connectivity index (χ0n) is 14.6. The average Bonchev–Trinajstić information content (AvgIpc) is 3.29. The largest absolute Gasteiger partial charge is 0.497 e. The Morgan fingerprint density at radius 2 is 1.82 bits per heavy atom. The van der Waals surface area contributed by atoms with Crippen molar-refractivity contribution in [1.82, 2.24) is 30.0 Å². The Bertz CT molecular complexity index is 1160. The second-order valence-electron chi connectivity index (χ2n) is 5.89. The van der Waals surface area contributed by atoms with Crippen LogP contribution in [0.15, 0.2) is 48.7 Å². The third-order valence-electron chi connectivity index (χ3n) is 4.11. The fourth-order valence-corrected chi connectivity index (χ4v) is 3.57. The van der Waals surface area contributed by atoms with Gasteiger partial charge in [0.25, 0.3) is 0 Å². The van der Waals surface area contributed by atoms with Crippen molar-refractivity contribution < 1.29 is 4.74 Å². The lowest BCUT2D eigenvalue weighted by Gasteiger charge is -2.07. The summed E-state index contributed by atoms with van der Waals surface area (Å²) in [6.45, 7) is 0.477. The molecule has 0 bridgehead atoms. The molecule has 0 atom stereocenters. The predicted molar refractivity (Wildman–Crippen MR) is 110 cm³/mol. The van der Waals surface area contributed by atoms with Gasteiger partial charge >= 0.3 is 0 Å². The van der Waals surface area contributed by atoms with Crippen molar-refractivity contribution in [2.45, 2.75) is 6.54 Å². The zero-order chi connectivity index (χ0) is 19.7. The van der Waals surface area contributed by atoms with Crippen LogP contribution < -0.4 is 4.74 Å². The van der Waals surface area contributed by atoms with Gasteiger partial charge in [0, 0.05) is 6.20 Å². The number of para-hydroxylation sites is 1. The molecule has 2 aromatic heterocycles. The molecule has 0 radical (unpaired) electrons. The Hall–Kier alpha value is -2.68. The highest BCUT2D eigenvalue weighted by molar-refractivity contribution is 7.71. The molecule has 1 N–H and O–H groups in total. The fraction of sp³-hybridized carbons (Fsp3) is 0.111. The first-order valence-electron chi connectivity index (χ1n) is 8.23. The van der Waals surface area contributed by atoms with Gasteiger partial charge in [-0.15, -0.1) is 10.2 Å². The van der Waals surface area contributed by atoms with E-state index in [4.69, 9.17) is 40.2 Å². The number of tetrazole rings is 1. The molecule has 0 saturated heterocycles. The van der Waals surface area contributed by atoms with Gasteiger partial charge in [-0.2, -0.15) is 4.80 Å². The predicted octanol–water partition coefficient (Wildman–Crippen LogP) is 4.55. The maximum absolute atomic E-state index is 6.28. The monoisotopic (exact) mass is 432 g/mol. The second kappa shape index (κ2) is 7.75. The third kappa shape index (κ3) is 3.54. The van der Waals surface area contributed by atoms with E-state index in [-0.39, 0.29) is 0 Å². The summed E-state index contributed by atoms with van der Waals surface area (Å²) >= 11 is 18.1. The Morgan fingerprint density at radius 1 is 1.11 bits per heavy atom. The normalized spacial score (nSPS) is 11.0. The molecule has 0 aliphatic carbocycles. The fourth-order valence-electron chi connectivity index (χ4n) is 2.71. The van der Waals surface area contributed by atoms with Crippen LogP contribution in [0.4, 0.5) is 0 Å². The van der Waals surface area contributed by atoms with Crippen LogP contribution in [-0.2, 0) is 6.54 Å². The summed E-state index contributed by atoms with van der Waals surface area (Å²) < 4.78 is 7.25. The number of methoxy groups -OCH3 is 1. The number of H-pyrrole nitrogens is 1. The van der Waals surface area contributed by atoms with E-state index in [1.165, 1.54) is 4.80 Å². The van der Waals surface area contributed by atoms with Crippen LogP contribution in [0.2, 0.25) is 10.0 Å². The van der Waals surface area contributed by atoms with Gasteiger partial charge in [-0.1, -0.05) is 53.6 Å². The highest BCUT2D eigenvalue weighted by Crippen LogP contribution is 2.29. The summed E-state index contributed by atoms with van der Waals surface area (Å²) in [5, 5.41) is 16.7. The summed E-state index contributed by atoms with van der Waals surface area (Å²) in [5.74, 6) is 1.21. The third-order valence-corrected chi connectivity index (χ3v) is 5.12. The number of benzene rings is 2. The van der Waals surface area contributed by atoms with E-state index in [2.05, 4.69) is 20.5 Å². The number of hydrogen-bond acceptors (Lipinski definition) is 5. The highest BCUT2D eigenvalue weighted by Gasteiger charge is 2.15. The number of ether oxygens (including phenoxy) is 1. The van der Waals surface area contributed by atoms with E-state index in [0.29, 0.717) is 38.3 Å². The number of aromatic amines is 1. The molecule has 4 aromatic rings. The van der Waals surface area contributed by atoms with Gasteiger partial charge in [0.05, 0.1) is 29.3 Å². The summed E-state index contributed by atoms with van der Waals surface area (Å²) in [5.41, 5.74) is 2.23. The van der Waals surface area contributed by atoms with Crippen LogP contribution in [0, 0.1) is 4.64 Å². The number of nitrogens with zero attached hydrogens (tertiary/aromatic N) is 5. The molecular weight excluding hydrogens is 419 g/mol. The lowest BCUT2D eigenvalue weighted by Crippen LogP contribution is -2.04. The SMILES string of the molecule is COc1ccc(Cn2nnc(-c3c[nH]n(-c4c(Cl)cccc4Cl)c3=S)n2)cc1. The van der Waals surface area contributed by atoms with Crippen molar-refractivity contribution in [3.8, 4) is 22.8 Å². The number of hydrogen-bond donors (Lipinski definition) is 1. The van der Waals surface area contributed by atoms with E-state index in [9.17, 15) is 0 Å². The first-order chi connectivity index (χ1) is 13.6. The molecule has 28 heavy (non-hydrogen) atoms. The van der Waals surface area contributed by atoms with E-state index < -0.39 is 0 Å². The Kier molecular flexibility index (Phi) is 5.17. The Morgan fingerprint density at radius 3 is 2.50 bits per heavy atom. The molecule has 0 aliphatic rings. The summed E-state index contributed by atoms with van der Waals surface area (Å²) in [4.78, 5) is 1.51. The Balaban J connectivity index is 1.63. The van der Waals surface area contributed by atoms with E-state index in [0.717, 1.165) is 11.3 Å². The zero-order valence-corrected chi connectivity index (χ0v) is 17.0.